The van der Waals surface area contributed by atoms with Crippen LogP contribution in [0.4, 0.5) is 0 Å². The molecule has 5 heteroatoms. The van der Waals surface area contributed by atoms with Crippen LogP contribution in [0.3, 0.4) is 0 Å². The third-order valence-corrected chi connectivity index (χ3v) is 2.97. The van der Waals surface area contributed by atoms with Crippen LogP contribution in [0, 0.1) is 0 Å². The number of aromatic nitrogens is 2. The highest BCUT2D eigenvalue weighted by Crippen LogP contribution is 2.17. The average molecular weight is 273 g/mol. The molecule has 1 aromatic heterocycles. The number of nitrogens with zero attached hydrogens (tertiary/aromatic N) is 2. The zero-order valence-electron chi connectivity index (χ0n) is 11.5. The predicted octanol–water partition coefficient (Wildman–Crippen LogP) is 1.73. The van der Waals surface area contributed by atoms with Crippen molar-refractivity contribution in [3.8, 4) is 5.75 Å². The molecule has 2 aromatic rings. The number of hydrogen-bond acceptors (Lipinski definition) is 4. The Balaban J connectivity index is 2.04. The third kappa shape index (κ3) is 3.68. The summed E-state index contributed by atoms with van der Waals surface area (Å²) in [6.07, 6.45) is 3.95. The van der Waals surface area contributed by atoms with E-state index >= 15 is 0 Å². The van der Waals surface area contributed by atoms with Gasteiger partial charge >= 0.3 is 0 Å². The Morgan fingerprint density at radius 2 is 2.05 bits per heavy atom. The fourth-order valence-corrected chi connectivity index (χ4v) is 1.86. The van der Waals surface area contributed by atoms with Crippen LogP contribution >= 0.6 is 0 Å². The normalized spacial score (nSPS) is 12.1. The monoisotopic (exact) mass is 273 g/mol. The molecule has 1 aromatic carbocycles. The van der Waals surface area contributed by atoms with Gasteiger partial charge in [0.15, 0.2) is 0 Å². The summed E-state index contributed by atoms with van der Waals surface area (Å²) in [5.41, 5.74) is 6.98. The Morgan fingerprint density at radius 1 is 1.30 bits per heavy atom. The first-order chi connectivity index (χ1) is 9.70. The summed E-state index contributed by atoms with van der Waals surface area (Å²) in [7, 11) is 0. The topological polar surface area (TPSA) is 70.1 Å². The van der Waals surface area contributed by atoms with Crippen molar-refractivity contribution in [3.63, 3.8) is 0 Å². The molecule has 0 radical (unpaired) electrons. The van der Waals surface area contributed by atoms with E-state index in [-0.39, 0.29) is 11.6 Å². The summed E-state index contributed by atoms with van der Waals surface area (Å²) in [4.78, 5) is 15.5. The Bertz CT molecular complexity index is 593. The molecule has 0 fully saturated rings. The lowest BCUT2D eigenvalue weighted by molar-refractivity contribution is 0.317. The lowest BCUT2D eigenvalue weighted by Gasteiger charge is -2.14. The van der Waals surface area contributed by atoms with Gasteiger partial charge in [-0.05, 0) is 24.1 Å². The Morgan fingerprint density at radius 3 is 2.70 bits per heavy atom. The first-order valence-corrected chi connectivity index (χ1v) is 6.69. The molecule has 1 heterocycles. The van der Waals surface area contributed by atoms with Gasteiger partial charge in [-0.3, -0.25) is 9.36 Å². The van der Waals surface area contributed by atoms with Gasteiger partial charge < -0.3 is 10.5 Å². The fraction of sp³-hybridized carbons (Fsp3) is 0.333. The summed E-state index contributed by atoms with van der Waals surface area (Å²) >= 11 is 0. The Kier molecular flexibility index (Phi) is 4.90. The van der Waals surface area contributed by atoms with E-state index in [9.17, 15) is 4.79 Å². The zero-order valence-corrected chi connectivity index (χ0v) is 11.5. The molecule has 0 saturated carbocycles. The SMILES string of the molecule is CCCOc1ccc(C(N)Cn2cnccc2=O)cc1. The van der Waals surface area contributed by atoms with E-state index in [0.29, 0.717) is 13.2 Å². The molecule has 0 amide bonds. The summed E-state index contributed by atoms with van der Waals surface area (Å²) in [6.45, 7) is 3.17. The molecule has 2 N–H and O–H groups in total. The quantitative estimate of drug-likeness (QED) is 0.870. The van der Waals surface area contributed by atoms with Crippen LogP contribution < -0.4 is 16.0 Å². The molecule has 0 aliphatic rings. The Labute approximate surface area is 118 Å². The maximum absolute atomic E-state index is 11.6. The van der Waals surface area contributed by atoms with Gasteiger partial charge in [-0.2, -0.15) is 0 Å². The van der Waals surface area contributed by atoms with Crippen molar-refractivity contribution in [1.29, 1.82) is 0 Å². The van der Waals surface area contributed by atoms with E-state index in [1.165, 1.54) is 23.2 Å². The minimum absolute atomic E-state index is 0.0988. The molecular weight excluding hydrogens is 254 g/mol. The van der Waals surface area contributed by atoms with Crippen molar-refractivity contribution in [2.24, 2.45) is 5.73 Å². The smallest absolute Gasteiger partial charge is 0.253 e. The molecule has 1 atom stereocenters. The van der Waals surface area contributed by atoms with Crippen molar-refractivity contribution in [1.82, 2.24) is 9.55 Å². The van der Waals surface area contributed by atoms with Crippen LogP contribution in [-0.2, 0) is 6.54 Å². The van der Waals surface area contributed by atoms with E-state index in [1.54, 1.807) is 0 Å². The van der Waals surface area contributed by atoms with E-state index in [0.717, 1.165) is 17.7 Å². The molecule has 2 rings (SSSR count). The van der Waals surface area contributed by atoms with E-state index in [1.807, 2.05) is 24.3 Å². The van der Waals surface area contributed by atoms with Gasteiger partial charge in [0.2, 0.25) is 0 Å². The van der Waals surface area contributed by atoms with Crippen molar-refractivity contribution in [2.45, 2.75) is 25.9 Å². The number of nitrogens with two attached hydrogens (primary N) is 1. The minimum atomic E-state index is -0.253. The second kappa shape index (κ2) is 6.86. The minimum Gasteiger partial charge on any atom is -0.494 e. The highest BCUT2D eigenvalue weighted by atomic mass is 16.5. The van der Waals surface area contributed by atoms with Crippen molar-refractivity contribution >= 4 is 0 Å². The van der Waals surface area contributed by atoms with E-state index in [4.69, 9.17) is 10.5 Å². The van der Waals surface area contributed by atoms with Gasteiger partial charge in [-0.15, -0.1) is 0 Å². The largest absolute Gasteiger partial charge is 0.494 e. The van der Waals surface area contributed by atoms with Gasteiger partial charge in [-0.1, -0.05) is 19.1 Å². The molecule has 0 spiro atoms. The summed E-state index contributed by atoms with van der Waals surface area (Å²) in [6, 6.07) is 8.83. The summed E-state index contributed by atoms with van der Waals surface area (Å²) in [5.74, 6) is 0.835. The van der Waals surface area contributed by atoms with E-state index in [2.05, 4.69) is 11.9 Å². The molecule has 5 nitrogen and oxygen atoms in total. The second-order valence-corrected chi connectivity index (χ2v) is 4.59. The van der Waals surface area contributed by atoms with Crippen molar-refractivity contribution in [2.75, 3.05) is 6.61 Å². The van der Waals surface area contributed by atoms with Crippen LogP contribution in [0.5, 0.6) is 5.75 Å². The molecule has 106 valence electrons. The number of hydrogen-bond donors (Lipinski definition) is 1. The van der Waals surface area contributed by atoms with Crippen molar-refractivity contribution < 1.29 is 4.74 Å². The number of ether oxygens (including phenoxy) is 1. The van der Waals surface area contributed by atoms with Crippen LogP contribution in [0.15, 0.2) is 47.7 Å². The van der Waals surface area contributed by atoms with E-state index < -0.39 is 0 Å². The van der Waals surface area contributed by atoms with Crippen LogP contribution in [0.25, 0.3) is 0 Å². The standard InChI is InChI=1S/C15H19N3O2/c1-2-9-20-13-5-3-12(4-6-13)14(16)10-18-11-17-8-7-15(18)19/h3-8,11,14H,2,9-10,16H2,1H3. The first-order valence-electron chi connectivity index (χ1n) is 6.69. The third-order valence-electron chi connectivity index (χ3n) is 2.97. The molecule has 0 aliphatic carbocycles. The molecule has 0 saturated heterocycles. The Hall–Kier alpha value is -2.14. The predicted molar refractivity (Wildman–Crippen MR) is 77.7 cm³/mol. The highest BCUT2D eigenvalue weighted by Gasteiger charge is 2.08. The number of benzene rings is 1. The molecule has 20 heavy (non-hydrogen) atoms. The molecule has 0 aliphatic heterocycles. The highest BCUT2D eigenvalue weighted by molar-refractivity contribution is 5.29. The maximum atomic E-state index is 11.6. The summed E-state index contributed by atoms with van der Waals surface area (Å²) in [5, 5.41) is 0. The van der Waals surface area contributed by atoms with Gasteiger partial charge in [0.25, 0.3) is 5.56 Å². The molecule has 0 bridgehead atoms. The lowest BCUT2D eigenvalue weighted by atomic mass is 10.1. The van der Waals surface area contributed by atoms with Crippen LogP contribution in [-0.4, -0.2) is 16.2 Å². The molecule has 1 unspecified atom stereocenters. The van der Waals surface area contributed by atoms with Gasteiger partial charge in [0.05, 0.1) is 12.9 Å². The molecular formula is C15H19N3O2. The van der Waals surface area contributed by atoms with Crippen molar-refractivity contribution in [3.05, 3.63) is 58.8 Å². The number of rotatable bonds is 6. The van der Waals surface area contributed by atoms with Gasteiger partial charge in [-0.25, -0.2) is 4.98 Å². The second-order valence-electron chi connectivity index (χ2n) is 4.59. The zero-order chi connectivity index (χ0) is 14.4. The average Bonchev–Trinajstić information content (AvgIpc) is 2.48. The van der Waals surface area contributed by atoms with Crippen LogP contribution in [0.1, 0.15) is 24.9 Å². The van der Waals surface area contributed by atoms with Gasteiger partial charge in [0.1, 0.15) is 5.75 Å². The first kappa shape index (κ1) is 14.3. The lowest BCUT2D eigenvalue weighted by Crippen LogP contribution is -2.26. The van der Waals surface area contributed by atoms with Crippen LogP contribution in [0.2, 0.25) is 0 Å². The summed E-state index contributed by atoms with van der Waals surface area (Å²) < 4.78 is 7.03. The maximum Gasteiger partial charge on any atom is 0.253 e. The fourth-order valence-electron chi connectivity index (χ4n) is 1.86. The van der Waals surface area contributed by atoms with Gasteiger partial charge in [0, 0.05) is 24.8 Å².